The molecule has 3 nitrogen and oxygen atoms in total. The molecule has 1 amide bonds. The number of fused-ring (bicyclic) bond motifs is 1. The highest BCUT2D eigenvalue weighted by Gasteiger charge is 2.26. The highest BCUT2D eigenvalue weighted by atomic mass is 79.9. The molecule has 2 aromatic rings. The SMILES string of the molecule is O=C(Nc1ccncc1Br)C1CCCc2ccccc21. The van der Waals surface area contributed by atoms with Gasteiger partial charge in [-0.2, -0.15) is 0 Å². The van der Waals surface area contributed by atoms with Crippen LogP contribution in [0.15, 0.2) is 47.2 Å². The maximum absolute atomic E-state index is 12.5. The molecule has 0 radical (unpaired) electrons. The van der Waals surface area contributed by atoms with Gasteiger partial charge in [-0.15, -0.1) is 0 Å². The quantitative estimate of drug-likeness (QED) is 0.907. The summed E-state index contributed by atoms with van der Waals surface area (Å²) in [6.07, 6.45) is 6.40. The van der Waals surface area contributed by atoms with Gasteiger partial charge in [0.2, 0.25) is 5.91 Å². The molecule has 1 aromatic heterocycles. The Morgan fingerprint density at radius 1 is 1.30 bits per heavy atom. The van der Waals surface area contributed by atoms with Gasteiger partial charge in [-0.1, -0.05) is 24.3 Å². The number of amides is 1. The Morgan fingerprint density at radius 2 is 2.15 bits per heavy atom. The molecule has 0 bridgehead atoms. The Bertz CT molecular complexity index is 642. The van der Waals surface area contributed by atoms with E-state index in [0.717, 1.165) is 29.4 Å². The van der Waals surface area contributed by atoms with E-state index in [2.05, 4.69) is 38.4 Å². The minimum absolute atomic E-state index is 0.0555. The van der Waals surface area contributed by atoms with Crippen LogP contribution in [0.5, 0.6) is 0 Å². The Kier molecular flexibility index (Phi) is 3.83. The van der Waals surface area contributed by atoms with Gasteiger partial charge < -0.3 is 5.32 Å². The summed E-state index contributed by atoms with van der Waals surface area (Å²) in [5, 5.41) is 2.99. The molecule has 4 heteroatoms. The number of carbonyl (C=O) groups is 1. The van der Waals surface area contributed by atoms with Gasteiger partial charge in [0.05, 0.1) is 16.1 Å². The maximum atomic E-state index is 12.5. The van der Waals surface area contributed by atoms with Gasteiger partial charge in [-0.3, -0.25) is 9.78 Å². The molecule has 0 saturated carbocycles. The number of aromatic nitrogens is 1. The predicted octanol–water partition coefficient (Wildman–Crippen LogP) is 3.90. The van der Waals surface area contributed by atoms with Crippen molar-refractivity contribution in [1.29, 1.82) is 0 Å². The van der Waals surface area contributed by atoms with E-state index in [-0.39, 0.29) is 11.8 Å². The van der Waals surface area contributed by atoms with E-state index in [1.165, 1.54) is 11.1 Å². The van der Waals surface area contributed by atoms with Crippen LogP contribution in [0.1, 0.15) is 29.9 Å². The molecule has 1 aliphatic rings. The van der Waals surface area contributed by atoms with Crippen molar-refractivity contribution in [2.75, 3.05) is 5.32 Å². The minimum Gasteiger partial charge on any atom is -0.324 e. The number of halogens is 1. The zero-order valence-corrected chi connectivity index (χ0v) is 12.6. The van der Waals surface area contributed by atoms with E-state index in [1.54, 1.807) is 18.5 Å². The second-order valence-corrected chi connectivity index (χ2v) is 5.84. The third-order valence-corrected chi connectivity index (χ3v) is 4.35. The number of anilines is 1. The normalized spacial score (nSPS) is 17.4. The molecule has 1 heterocycles. The first kappa shape index (κ1) is 13.3. The lowest BCUT2D eigenvalue weighted by Gasteiger charge is -2.24. The van der Waals surface area contributed by atoms with Crippen molar-refractivity contribution in [2.24, 2.45) is 0 Å². The molecule has 0 aliphatic heterocycles. The first-order chi connectivity index (χ1) is 9.75. The summed E-state index contributed by atoms with van der Waals surface area (Å²) in [7, 11) is 0. The van der Waals surface area contributed by atoms with E-state index in [1.807, 2.05) is 12.1 Å². The maximum Gasteiger partial charge on any atom is 0.231 e. The third kappa shape index (κ3) is 2.61. The van der Waals surface area contributed by atoms with Gasteiger partial charge in [0.25, 0.3) is 0 Å². The molecule has 3 rings (SSSR count). The highest BCUT2D eigenvalue weighted by molar-refractivity contribution is 9.10. The molecule has 1 N–H and O–H groups in total. The van der Waals surface area contributed by atoms with E-state index in [9.17, 15) is 4.79 Å². The van der Waals surface area contributed by atoms with E-state index >= 15 is 0 Å². The Balaban J connectivity index is 1.84. The van der Waals surface area contributed by atoms with Crippen molar-refractivity contribution < 1.29 is 4.79 Å². The van der Waals surface area contributed by atoms with Crippen LogP contribution in [-0.2, 0) is 11.2 Å². The molecule has 20 heavy (non-hydrogen) atoms. The fourth-order valence-corrected chi connectivity index (χ4v) is 3.07. The van der Waals surface area contributed by atoms with Crippen LogP contribution in [0.2, 0.25) is 0 Å². The number of benzene rings is 1. The van der Waals surface area contributed by atoms with Crippen LogP contribution in [0.4, 0.5) is 5.69 Å². The standard InChI is InChI=1S/C16H15BrN2O/c17-14-10-18-9-8-15(14)19-16(20)13-7-3-5-11-4-1-2-6-12(11)13/h1-2,4,6,8-10,13H,3,5,7H2,(H,18,19,20). The van der Waals surface area contributed by atoms with Gasteiger partial charge in [0.15, 0.2) is 0 Å². The van der Waals surface area contributed by atoms with Gasteiger partial charge >= 0.3 is 0 Å². The number of nitrogens with zero attached hydrogens (tertiary/aromatic N) is 1. The van der Waals surface area contributed by atoms with E-state index < -0.39 is 0 Å². The summed E-state index contributed by atoms with van der Waals surface area (Å²) in [4.78, 5) is 16.5. The molecule has 102 valence electrons. The van der Waals surface area contributed by atoms with Crippen molar-refractivity contribution in [1.82, 2.24) is 4.98 Å². The Labute approximate surface area is 126 Å². The molecule has 0 saturated heterocycles. The van der Waals surface area contributed by atoms with Crippen molar-refractivity contribution in [3.05, 3.63) is 58.3 Å². The lowest BCUT2D eigenvalue weighted by Crippen LogP contribution is -2.24. The fourth-order valence-electron chi connectivity index (χ4n) is 2.72. The van der Waals surface area contributed by atoms with Gasteiger partial charge in [0.1, 0.15) is 0 Å². The van der Waals surface area contributed by atoms with Crippen LogP contribution in [0, 0.1) is 0 Å². The molecule has 1 unspecified atom stereocenters. The summed E-state index contributed by atoms with van der Waals surface area (Å²) >= 11 is 3.40. The zero-order chi connectivity index (χ0) is 13.9. The first-order valence-corrected chi connectivity index (χ1v) is 7.53. The van der Waals surface area contributed by atoms with Crippen LogP contribution in [0.3, 0.4) is 0 Å². The average molecular weight is 331 g/mol. The lowest BCUT2D eigenvalue weighted by atomic mass is 9.82. The van der Waals surface area contributed by atoms with Gasteiger partial charge in [-0.25, -0.2) is 0 Å². The van der Waals surface area contributed by atoms with E-state index in [0.29, 0.717) is 0 Å². The number of hydrogen-bond acceptors (Lipinski definition) is 2. The predicted molar refractivity (Wildman–Crippen MR) is 82.7 cm³/mol. The second-order valence-electron chi connectivity index (χ2n) is 4.99. The van der Waals surface area contributed by atoms with Crippen molar-refractivity contribution in [3.63, 3.8) is 0 Å². The molecular formula is C16H15BrN2O. The Hall–Kier alpha value is -1.68. The average Bonchev–Trinajstić information content (AvgIpc) is 2.49. The fraction of sp³-hybridized carbons (Fsp3) is 0.250. The topological polar surface area (TPSA) is 42.0 Å². The van der Waals surface area contributed by atoms with Crippen LogP contribution in [-0.4, -0.2) is 10.9 Å². The molecule has 0 fully saturated rings. The third-order valence-electron chi connectivity index (χ3n) is 3.72. The van der Waals surface area contributed by atoms with Gasteiger partial charge in [-0.05, 0) is 52.4 Å². The molecular weight excluding hydrogens is 316 g/mol. The van der Waals surface area contributed by atoms with Crippen molar-refractivity contribution >= 4 is 27.5 Å². The lowest BCUT2D eigenvalue weighted by molar-refractivity contribution is -0.117. The van der Waals surface area contributed by atoms with Crippen LogP contribution < -0.4 is 5.32 Å². The largest absolute Gasteiger partial charge is 0.324 e. The van der Waals surface area contributed by atoms with Crippen molar-refractivity contribution in [3.8, 4) is 0 Å². The number of carbonyl (C=O) groups excluding carboxylic acids is 1. The molecule has 1 aromatic carbocycles. The summed E-state index contributed by atoms with van der Waals surface area (Å²) < 4.78 is 0.803. The summed E-state index contributed by atoms with van der Waals surface area (Å²) in [5.74, 6) is 0.00376. The number of nitrogens with one attached hydrogen (secondary N) is 1. The van der Waals surface area contributed by atoms with Gasteiger partial charge in [0, 0.05) is 12.4 Å². The molecule has 1 aliphatic carbocycles. The second kappa shape index (κ2) is 5.75. The number of hydrogen-bond donors (Lipinski definition) is 1. The zero-order valence-electron chi connectivity index (χ0n) is 11.0. The monoisotopic (exact) mass is 330 g/mol. The molecule has 1 atom stereocenters. The smallest absolute Gasteiger partial charge is 0.231 e. The highest BCUT2D eigenvalue weighted by Crippen LogP contribution is 2.33. The number of aryl methyl sites for hydroxylation is 1. The summed E-state index contributed by atoms with van der Waals surface area (Å²) in [6, 6.07) is 10.0. The first-order valence-electron chi connectivity index (χ1n) is 6.74. The number of rotatable bonds is 2. The van der Waals surface area contributed by atoms with E-state index in [4.69, 9.17) is 0 Å². The summed E-state index contributed by atoms with van der Waals surface area (Å²) in [6.45, 7) is 0. The number of pyridine rings is 1. The van der Waals surface area contributed by atoms with Crippen LogP contribution in [0.25, 0.3) is 0 Å². The molecule has 0 spiro atoms. The minimum atomic E-state index is -0.0555. The van der Waals surface area contributed by atoms with Crippen LogP contribution >= 0.6 is 15.9 Å². The Morgan fingerprint density at radius 3 is 3.00 bits per heavy atom. The van der Waals surface area contributed by atoms with Crippen molar-refractivity contribution in [2.45, 2.75) is 25.2 Å². The summed E-state index contributed by atoms with van der Waals surface area (Å²) in [5.41, 5.74) is 3.24.